The van der Waals surface area contributed by atoms with Crippen LogP contribution in [-0.2, 0) is 6.54 Å². The van der Waals surface area contributed by atoms with Gasteiger partial charge < -0.3 is 14.5 Å². The molecule has 2 rings (SSSR count). The van der Waals surface area contributed by atoms with Gasteiger partial charge in [-0.15, -0.1) is 13.2 Å². The van der Waals surface area contributed by atoms with E-state index in [-0.39, 0.29) is 10.2 Å². The second kappa shape index (κ2) is 6.62. The monoisotopic (exact) mass is 491 g/mol. The van der Waals surface area contributed by atoms with Gasteiger partial charge in [-0.05, 0) is 72.1 Å². The summed E-state index contributed by atoms with van der Waals surface area (Å²) < 4.78 is 47.3. The summed E-state index contributed by atoms with van der Waals surface area (Å²) in [5.74, 6) is 0.372. The second-order valence-corrected chi connectivity index (χ2v) is 6.31. The van der Waals surface area contributed by atoms with Crippen LogP contribution in [0.1, 0.15) is 5.76 Å². The normalized spacial score (nSPS) is 11.5. The molecule has 0 atom stereocenters. The summed E-state index contributed by atoms with van der Waals surface area (Å²) in [5.41, 5.74) is 0.625. The van der Waals surface area contributed by atoms with Crippen LogP contribution in [0.5, 0.6) is 5.75 Å². The molecule has 9 heteroatoms. The van der Waals surface area contributed by atoms with E-state index >= 15 is 0 Å². The first-order valence-electron chi connectivity index (χ1n) is 5.47. The van der Waals surface area contributed by atoms with Gasteiger partial charge in [0.2, 0.25) is 0 Å². The highest BCUT2D eigenvalue weighted by molar-refractivity contribution is 9.13. The van der Waals surface area contributed by atoms with E-state index in [1.54, 1.807) is 6.07 Å². The number of hydrogen-bond donors (Lipinski definition) is 1. The number of ether oxygens (including phenoxy) is 1. The van der Waals surface area contributed by atoms with E-state index in [0.717, 1.165) is 4.47 Å². The Hall–Kier alpha value is -0.670. The Labute approximate surface area is 143 Å². The molecule has 2 aromatic rings. The molecule has 0 aliphatic rings. The first kappa shape index (κ1) is 16.7. The molecule has 114 valence electrons. The highest BCUT2D eigenvalue weighted by Gasteiger charge is 2.31. The van der Waals surface area contributed by atoms with Crippen LogP contribution >= 0.6 is 47.8 Å². The molecule has 0 amide bonds. The Balaban J connectivity index is 2.03. The van der Waals surface area contributed by atoms with Gasteiger partial charge in [0, 0.05) is 5.69 Å². The molecule has 0 saturated heterocycles. The molecular weight excluding hydrogens is 487 g/mol. The van der Waals surface area contributed by atoms with E-state index in [1.807, 2.05) is 0 Å². The van der Waals surface area contributed by atoms with Crippen LogP contribution in [0.3, 0.4) is 0 Å². The topological polar surface area (TPSA) is 34.4 Å². The zero-order chi connectivity index (χ0) is 15.6. The second-order valence-electron chi connectivity index (χ2n) is 3.88. The van der Waals surface area contributed by atoms with Crippen LogP contribution in [0.4, 0.5) is 18.9 Å². The van der Waals surface area contributed by atoms with E-state index in [0.29, 0.717) is 22.7 Å². The van der Waals surface area contributed by atoms with E-state index in [4.69, 9.17) is 4.42 Å². The molecule has 0 bridgehead atoms. The van der Waals surface area contributed by atoms with Crippen molar-refractivity contribution in [3.8, 4) is 5.75 Å². The molecule has 1 aromatic carbocycles. The molecule has 1 N–H and O–H groups in total. The fourth-order valence-corrected chi connectivity index (χ4v) is 2.60. The number of nitrogens with one attached hydrogen (secondary N) is 1. The molecule has 0 unspecified atom stereocenters. The predicted molar refractivity (Wildman–Crippen MR) is 82.3 cm³/mol. The third-order valence-corrected chi connectivity index (χ3v) is 4.65. The van der Waals surface area contributed by atoms with Crippen LogP contribution in [0.25, 0.3) is 0 Å². The van der Waals surface area contributed by atoms with Gasteiger partial charge >= 0.3 is 6.36 Å². The van der Waals surface area contributed by atoms with Crippen molar-refractivity contribution in [1.82, 2.24) is 0 Å². The van der Waals surface area contributed by atoms with Gasteiger partial charge in [-0.3, -0.25) is 0 Å². The fraction of sp³-hybridized carbons (Fsp3) is 0.167. The minimum Gasteiger partial charge on any atom is -0.451 e. The third kappa shape index (κ3) is 4.93. The minimum absolute atomic E-state index is 0.201. The van der Waals surface area contributed by atoms with Gasteiger partial charge in [0.1, 0.15) is 11.5 Å². The van der Waals surface area contributed by atoms with Crippen LogP contribution in [-0.4, -0.2) is 6.36 Å². The van der Waals surface area contributed by atoms with Crippen molar-refractivity contribution in [3.05, 3.63) is 43.6 Å². The first-order chi connectivity index (χ1) is 9.74. The van der Waals surface area contributed by atoms with Crippen molar-refractivity contribution >= 4 is 53.5 Å². The lowest BCUT2D eigenvalue weighted by atomic mass is 10.3. The average Bonchev–Trinajstić information content (AvgIpc) is 2.68. The number of rotatable bonds is 4. The SMILES string of the molecule is FC(F)(F)Oc1ccc(NCc2cc(Br)c(Br)o2)cc1Br. The Bertz CT molecular complexity index is 624. The number of alkyl halides is 3. The van der Waals surface area contributed by atoms with Crippen molar-refractivity contribution in [1.29, 1.82) is 0 Å². The van der Waals surface area contributed by atoms with Crippen LogP contribution in [0.2, 0.25) is 0 Å². The Morgan fingerprint density at radius 1 is 1.10 bits per heavy atom. The highest BCUT2D eigenvalue weighted by atomic mass is 79.9. The molecule has 0 saturated carbocycles. The summed E-state index contributed by atoms with van der Waals surface area (Å²) in [4.78, 5) is 0. The summed E-state index contributed by atoms with van der Waals surface area (Å²) in [5, 5.41) is 3.03. The lowest BCUT2D eigenvalue weighted by Gasteiger charge is -2.12. The first-order valence-corrected chi connectivity index (χ1v) is 7.85. The van der Waals surface area contributed by atoms with E-state index in [2.05, 4.69) is 57.8 Å². The summed E-state index contributed by atoms with van der Waals surface area (Å²) >= 11 is 9.55. The van der Waals surface area contributed by atoms with Crippen molar-refractivity contribution < 1.29 is 22.3 Å². The number of halogens is 6. The molecular formula is C12H7Br3F3NO2. The summed E-state index contributed by atoms with van der Waals surface area (Å²) in [7, 11) is 0. The molecule has 3 nitrogen and oxygen atoms in total. The number of benzene rings is 1. The van der Waals surface area contributed by atoms with Gasteiger partial charge in [0.25, 0.3) is 0 Å². The maximum absolute atomic E-state index is 12.2. The van der Waals surface area contributed by atoms with Crippen molar-refractivity contribution in [3.63, 3.8) is 0 Å². The fourth-order valence-electron chi connectivity index (χ4n) is 1.49. The largest absolute Gasteiger partial charge is 0.573 e. The third-order valence-electron chi connectivity index (χ3n) is 2.32. The van der Waals surface area contributed by atoms with Crippen LogP contribution in [0.15, 0.2) is 42.3 Å². The Kier molecular flexibility index (Phi) is 5.26. The van der Waals surface area contributed by atoms with E-state index in [1.165, 1.54) is 18.2 Å². The molecule has 1 heterocycles. The van der Waals surface area contributed by atoms with Gasteiger partial charge in [-0.2, -0.15) is 0 Å². The van der Waals surface area contributed by atoms with Crippen molar-refractivity contribution in [2.45, 2.75) is 12.9 Å². The molecule has 0 aliphatic carbocycles. The van der Waals surface area contributed by atoms with Crippen LogP contribution in [0, 0.1) is 0 Å². The number of anilines is 1. The maximum Gasteiger partial charge on any atom is 0.573 e. The highest BCUT2D eigenvalue weighted by Crippen LogP contribution is 2.33. The molecule has 0 fully saturated rings. The van der Waals surface area contributed by atoms with E-state index < -0.39 is 6.36 Å². The summed E-state index contributed by atoms with van der Waals surface area (Å²) in [6.45, 7) is 0.385. The predicted octanol–water partition coefficient (Wildman–Crippen LogP) is 6.08. The molecule has 1 aromatic heterocycles. The van der Waals surface area contributed by atoms with Crippen molar-refractivity contribution in [2.75, 3.05) is 5.32 Å². The zero-order valence-corrected chi connectivity index (χ0v) is 14.9. The smallest absolute Gasteiger partial charge is 0.451 e. The molecule has 21 heavy (non-hydrogen) atoms. The van der Waals surface area contributed by atoms with Gasteiger partial charge in [-0.1, -0.05) is 0 Å². The quantitative estimate of drug-likeness (QED) is 0.560. The van der Waals surface area contributed by atoms with Crippen molar-refractivity contribution in [2.24, 2.45) is 0 Å². The Morgan fingerprint density at radius 2 is 1.81 bits per heavy atom. The Morgan fingerprint density at radius 3 is 2.33 bits per heavy atom. The number of hydrogen-bond acceptors (Lipinski definition) is 3. The van der Waals surface area contributed by atoms with E-state index in [9.17, 15) is 13.2 Å². The summed E-state index contributed by atoms with van der Waals surface area (Å²) in [6.07, 6.45) is -4.72. The lowest BCUT2D eigenvalue weighted by molar-refractivity contribution is -0.274. The van der Waals surface area contributed by atoms with Crippen LogP contribution < -0.4 is 10.1 Å². The average molecular weight is 494 g/mol. The lowest BCUT2D eigenvalue weighted by Crippen LogP contribution is -2.17. The molecule has 0 radical (unpaired) electrons. The van der Waals surface area contributed by atoms with Gasteiger partial charge in [0.15, 0.2) is 4.67 Å². The minimum atomic E-state index is -4.72. The zero-order valence-electron chi connectivity index (χ0n) is 10.1. The molecule has 0 aliphatic heterocycles. The standard InChI is InChI=1S/C12H7Br3F3NO2/c13-8-3-6(1-2-10(8)21-12(16,17)18)19-5-7-4-9(14)11(15)20-7/h1-4,19H,5H2. The van der Waals surface area contributed by atoms with Gasteiger partial charge in [-0.25, -0.2) is 0 Å². The number of furan rings is 1. The summed E-state index contributed by atoms with van der Waals surface area (Å²) in [6, 6.07) is 5.99. The molecule has 0 spiro atoms. The van der Waals surface area contributed by atoms with Gasteiger partial charge in [0.05, 0.1) is 15.5 Å². The maximum atomic E-state index is 12.2.